The van der Waals surface area contributed by atoms with Gasteiger partial charge in [0.2, 0.25) is 0 Å². The Hall–Kier alpha value is -1.29. The molecule has 0 fully saturated rings. The van der Waals surface area contributed by atoms with Crippen molar-refractivity contribution in [2.45, 2.75) is 18.3 Å². The lowest BCUT2D eigenvalue weighted by atomic mass is 10.2. The van der Waals surface area contributed by atoms with Crippen LogP contribution in [0.3, 0.4) is 0 Å². The third-order valence-electron chi connectivity index (χ3n) is 2.80. The highest BCUT2D eigenvalue weighted by molar-refractivity contribution is 9.10. The van der Waals surface area contributed by atoms with Crippen molar-refractivity contribution in [1.29, 1.82) is 0 Å². The van der Waals surface area contributed by atoms with Gasteiger partial charge in [0.15, 0.2) is 0 Å². The lowest BCUT2D eigenvalue weighted by Gasteiger charge is -2.09. The Morgan fingerprint density at radius 3 is 2.88 bits per heavy atom. The number of aryl methyl sites for hydroxylation is 1. The summed E-state index contributed by atoms with van der Waals surface area (Å²) < 4.78 is 6.77. The topological polar surface area (TPSA) is 31.2 Å². The summed E-state index contributed by atoms with van der Waals surface area (Å²) in [6.45, 7) is 2.64. The van der Waals surface area contributed by atoms with Crippen LogP contribution >= 0.6 is 15.9 Å². The van der Waals surface area contributed by atoms with E-state index in [2.05, 4.69) is 45.8 Å². The minimum atomic E-state index is -0.317. The molecule has 0 aliphatic heterocycles. The number of aromatic nitrogens is 1. The number of alkyl halides is 1. The van der Waals surface area contributed by atoms with Gasteiger partial charge < -0.3 is 9.30 Å². The number of carbonyl (C=O) groups is 1. The molecule has 0 N–H and O–H groups in total. The quantitative estimate of drug-likeness (QED) is 0.644. The van der Waals surface area contributed by atoms with Crippen molar-refractivity contribution >= 4 is 32.8 Å². The number of hydrogen-bond acceptors (Lipinski definition) is 2. The number of hydrogen-bond donors (Lipinski definition) is 0. The molecular formula is C13H14BrNO2. The number of esters is 1. The summed E-state index contributed by atoms with van der Waals surface area (Å²) in [6, 6.07) is 8.16. The van der Waals surface area contributed by atoms with Crippen LogP contribution in [-0.4, -0.2) is 22.5 Å². The first-order valence-electron chi connectivity index (χ1n) is 5.40. The van der Waals surface area contributed by atoms with Gasteiger partial charge in [-0.1, -0.05) is 34.1 Å². The molecule has 17 heavy (non-hydrogen) atoms. The number of nitrogens with zero attached hydrogens (tertiary/aromatic N) is 1. The van der Waals surface area contributed by atoms with E-state index in [-0.39, 0.29) is 10.8 Å². The second kappa shape index (κ2) is 4.92. The van der Waals surface area contributed by atoms with E-state index in [1.807, 2.05) is 12.1 Å². The van der Waals surface area contributed by atoms with Gasteiger partial charge in [0.25, 0.3) is 0 Å². The zero-order valence-electron chi connectivity index (χ0n) is 9.81. The van der Waals surface area contributed by atoms with Gasteiger partial charge in [0.1, 0.15) is 4.83 Å². The van der Waals surface area contributed by atoms with Gasteiger partial charge in [-0.2, -0.15) is 0 Å². The van der Waals surface area contributed by atoms with Crippen LogP contribution in [0.25, 0.3) is 10.9 Å². The maximum absolute atomic E-state index is 11.4. The molecule has 0 radical (unpaired) electrons. The molecule has 1 aromatic heterocycles. The number of benzene rings is 1. The van der Waals surface area contributed by atoms with E-state index in [0.29, 0.717) is 6.54 Å². The molecule has 0 bridgehead atoms. The molecule has 1 atom stereocenters. The molecule has 1 heterocycles. The van der Waals surface area contributed by atoms with Crippen LogP contribution in [0.15, 0.2) is 30.5 Å². The Labute approximate surface area is 108 Å². The summed E-state index contributed by atoms with van der Waals surface area (Å²) in [4.78, 5) is 11.1. The summed E-state index contributed by atoms with van der Waals surface area (Å²) in [5.74, 6) is -0.250. The molecule has 0 aliphatic carbocycles. The normalized spacial score (nSPS) is 12.6. The average Bonchev–Trinajstić information content (AvgIpc) is 2.66. The van der Waals surface area contributed by atoms with Crippen molar-refractivity contribution in [3.05, 3.63) is 36.0 Å². The van der Waals surface area contributed by atoms with E-state index in [1.165, 1.54) is 18.1 Å². The van der Waals surface area contributed by atoms with Gasteiger partial charge in [-0.15, -0.1) is 0 Å². The molecule has 90 valence electrons. The number of para-hydroxylation sites is 1. The Morgan fingerprint density at radius 1 is 1.47 bits per heavy atom. The van der Waals surface area contributed by atoms with E-state index in [0.717, 1.165) is 5.52 Å². The lowest BCUT2D eigenvalue weighted by Crippen LogP contribution is -2.21. The maximum Gasteiger partial charge on any atom is 0.321 e. The van der Waals surface area contributed by atoms with Crippen LogP contribution in [-0.2, 0) is 16.1 Å². The fourth-order valence-electron chi connectivity index (χ4n) is 1.96. The van der Waals surface area contributed by atoms with Gasteiger partial charge in [-0.3, -0.25) is 4.79 Å². The van der Waals surface area contributed by atoms with E-state index < -0.39 is 0 Å². The number of rotatable bonds is 3. The van der Waals surface area contributed by atoms with Gasteiger partial charge in [0.05, 0.1) is 7.11 Å². The van der Waals surface area contributed by atoms with Crippen LogP contribution in [0.4, 0.5) is 0 Å². The lowest BCUT2D eigenvalue weighted by molar-refractivity contribution is -0.140. The first kappa shape index (κ1) is 12.2. The predicted octanol–water partition coefficient (Wildman–Crippen LogP) is 2.89. The van der Waals surface area contributed by atoms with Crippen LogP contribution < -0.4 is 0 Å². The van der Waals surface area contributed by atoms with Crippen LogP contribution in [0.1, 0.15) is 5.56 Å². The van der Waals surface area contributed by atoms with Gasteiger partial charge in [-0.25, -0.2) is 0 Å². The predicted molar refractivity (Wildman–Crippen MR) is 71.4 cm³/mol. The van der Waals surface area contributed by atoms with Gasteiger partial charge in [-0.05, 0) is 18.6 Å². The number of fused-ring (bicyclic) bond motifs is 1. The minimum Gasteiger partial charge on any atom is -0.468 e. The van der Waals surface area contributed by atoms with E-state index in [4.69, 9.17) is 4.74 Å². The maximum atomic E-state index is 11.4. The zero-order valence-corrected chi connectivity index (χ0v) is 11.4. The van der Waals surface area contributed by atoms with E-state index in [9.17, 15) is 4.79 Å². The molecule has 2 rings (SSSR count). The molecule has 4 heteroatoms. The molecule has 0 spiro atoms. The molecule has 0 aliphatic rings. The standard InChI is InChI=1S/C13H14BrNO2/c1-9-7-15(8-11(14)13(16)17-2)12-6-4-3-5-10(9)12/h3-7,11H,8H2,1-2H3. The monoisotopic (exact) mass is 295 g/mol. The molecule has 0 saturated carbocycles. The van der Waals surface area contributed by atoms with E-state index >= 15 is 0 Å². The average molecular weight is 296 g/mol. The SMILES string of the molecule is COC(=O)C(Br)Cn1cc(C)c2ccccc21. The highest BCUT2D eigenvalue weighted by Gasteiger charge is 2.17. The smallest absolute Gasteiger partial charge is 0.321 e. The molecule has 0 saturated heterocycles. The number of carbonyl (C=O) groups excluding carboxylic acids is 1. The summed E-state index contributed by atoms with van der Waals surface area (Å²) in [6.07, 6.45) is 2.06. The molecule has 1 unspecified atom stereocenters. The third kappa shape index (κ3) is 2.36. The fraction of sp³-hybridized carbons (Fsp3) is 0.308. The summed E-state index contributed by atoms with van der Waals surface area (Å²) in [7, 11) is 1.40. The van der Waals surface area contributed by atoms with Crippen LogP contribution in [0, 0.1) is 6.92 Å². The molecule has 0 amide bonds. The summed E-state index contributed by atoms with van der Waals surface area (Å²) in [5.41, 5.74) is 2.35. The molecular weight excluding hydrogens is 282 g/mol. The molecule has 2 aromatic rings. The Bertz CT molecular complexity index is 547. The Balaban J connectivity index is 2.33. The van der Waals surface area contributed by atoms with Crippen molar-refractivity contribution in [3.63, 3.8) is 0 Å². The molecule has 1 aromatic carbocycles. The van der Waals surface area contributed by atoms with Crippen molar-refractivity contribution in [1.82, 2.24) is 4.57 Å². The largest absolute Gasteiger partial charge is 0.468 e. The fourth-order valence-corrected chi connectivity index (χ4v) is 2.46. The second-order valence-corrected chi connectivity index (χ2v) is 5.08. The number of methoxy groups -OCH3 is 1. The minimum absolute atomic E-state index is 0.250. The van der Waals surface area contributed by atoms with Crippen LogP contribution in [0.5, 0.6) is 0 Å². The van der Waals surface area contributed by atoms with Gasteiger partial charge in [0, 0.05) is 23.6 Å². The highest BCUT2D eigenvalue weighted by Crippen LogP contribution is 2.21. The zero-order chi connectivity index (χ0) is 12.4. The summed E-state index contributed by atoms with van der Waals surface area (Å²) >= 11 is 3.34. The first-order chi connectivity index (χ1) is 8.13. The third-order valence-corrected chi connectivity index (χ3v) is 3.47. The van der Waals surface area contributed by atoms with Crippen molar-refractivity contribution in [2.24, 2.45) is 0 Å². The number of ether oxygens (including phenoxy) is 1. The second-order valence-electron chi connectivity index (χ2n) is 3.97. The van der Waals surface area contributed by atoms with Gasteiger partial charge >= 0.3 is 5.97 Å². The molecule has 3 nitrogen and oxygen atoms in total. The van der Waals surface area contributed by atoms with Crippen molar-refractivity contribution < 1.29 is 9.53 Å². The van der Waals surface area contributed by atoms with Crippen molar-refractivity contribution in [3.8, 4) is 0 Å². The number of halogens is 1. The Kier molecular flexibility index (Phi) is 3.52. The van der Waals surface area contributed by atoms with Crippen molar-refractivity contribution in [2.75, 3.05) is 7.11 Å². The Morgan fingerprint density at radius 2 is 2.18 bits per heavy atom. The highest BCUT2D eigenvalue weighted by atomic mass is 79.9. The summed E-state index contributed by atoms with van der Waals surface area (Å²) in [5, 5.41) is 1.22. The van der Waals surface area contributed by atoms with E-state index in [1.54, 1.807) is 0 Å². The first-order valence-corrected chi connectivity index (χ1v) is 6.31. The van der Waals surface area contributed by atoms with Crippen LogP contribution in [0.2, 0.25) is 0 Å².